The van der Waals surface area contributed by atoms with Crippen molar-refractivity contribution in [2.24, 2.45) is 5.73 Å². The van der Waals surface area contributed by atoms with Crippen LogP contribution in [0.3, 0.4) is 0 Å². The molecule has 1 aliphatic heterocycles. The normalized spacial score (nSPS) is 22.7. The number of amides is 3. The van der Waals surface area contributed by atoms with Gasteiger partial charge in [-0.05, 0) is 43.5 Å². The Labute approximate surface area is 130 Å². The molecular formula is C16H23N3O3. The molecule has 2 atom stereocenters. The molecule has 0 radical (unpaired) electrons. The van der Waals surface area contributed by atoms with E-state index in [-0.39, 0.29) is 18.5 Å². The number of urea groups is 1. The molecule has 0 aliphatic carbocycles. The van der Waals surface area contributed by atoms with E-state index in [1.165, 1.54) is 4.90 Å². The minimum atomic E-state index is -1.07. The molecule has 1 aromatic carbocycles. The van der Waals surface area contributed by atoms with Crippen molar-refractivity contribution in [3.05, 3.63) is 29.3 Å². The van der Waals surface area contributed by atoms with Crippen LogP contribution < -0.4 is 15.8 Å². The third kappa shape index (κ3) is 2.66. The summed E-state index contributed by atoms with van der Waals surface area (Å²) in [6.45, 7) is 5.77. The number of ether oxygens (including phenoxy) is 1. The van der Waals surface area contributed by atoms with Crippen molar-refractivity contribution < 1.29 is 14.3 Å². The summed E-state index contributed by atoms with van der Waals surface area (Å²) < 4.78 is 5.23. The molecule has 1 saturated heterocycles. The minimum Gasteiger partial charge on any atom is -0.496 e. The van der Waals surface area contributed by atoms with Crippen molar-refractivity contribution in [1.29, 1.82) is 0 Å². The molecule has 1 heterocycles. The summed E-state index contributed by atoms with van der Waals surface area (Å²) in [5, 5.41) is 2.78. The topological polar surface area (TPSA) is 84.7 Å². The molecule has 0 bridgehead atoms. The zero-order valence-electron chi connectivity index (χ0n) is 13.5. The molecule has 6 nitrogen and oxygen atoms in total. The molecule has 1 aliphatic rings. The van der Waals surface area contributed by atoms with Gasteiger partial charge in [0.1, 0.15) is 11.3 Å². The zero-order valence-corrected chi connectivity index (χ0v) is 13.5. The maximum Gasteiger partial charge on any atom is 0.325 e. The molecule has 0 spiro atoms. The summed E-state index contributed by atoms with van der Waals surface area (Å²) >= 11 is 0. The first-order valence-electron chi connectivity index (χ1n) is 7.38. The van der Waals surface area contributed by atoms with Crippen LogP contribution in [-0.4, -0.2) is 36.5 Å². The van der Waals surface area contributed by atoms with Crippen LogP contribution in [0, 0.1) is 6.92 Å². The van der Waals surface area contributed by atoms with Gasteiger partial charge in [-0.2, -0.15) is 0 Å². The highest BCUT2D eigenvalue weighted by molar-refractivity contribution is 6.07. The standard InChI is InChI=1S/C16H23N3O3/c1-5-12(17)9-19-14(20)16(3,18-15(19)21)11-6-7-13(22-4)10(2)8-11/h6-8,12H,5,9,17H2,1-4H3,(H,18,21). The first-order chi connectivity index (χ1) is 10.3. The minimum absolute atomic E-state index is 0.213. The first-order valence-corrected chi connectivity index (χ1v) is 7.38. The molecule has 1 fully saturated rings. The lowest BCUT2D eigenvalue weighted by Crippen LogP contribution is -2.43. The van der Waals surface area contributed by atoms with Crippen molar-refractivity contribution in [1.82, 2.24) is 10.2 Å². The van der Waals surface area contributed by atoms with Gasteiger partial charge >= 0.3 is 6.03 Å². The second-order valence-corrected chi connectivity index (χ2v) is 5.82. The summed E-state index contributed by atoms with van der Waals surface area (Å²) in [5.74, 6) is 0.472. The third-order valence-electron chi connectivity index (χ3n) is 4.19. The number of hydrogen-bond donors (Lipinski definition) is 2. The van der Waals surface area contributed by atoms with Crippen LogP contribution in [0.2, 0.25) is 0 Å². The van der Waals surface area contributed by atoms with Gasteiger partial charge in [-0.3, -0.25) is 9.69 Å². The highest BCUT2D eigenvalue weighted by Gasteiger charge is 2.49. The number of hydrogen-bond acceptors (Lipinski definition) is 4. The number of carbonyl (C=O) groups is 2. The van der Waals surface area contributed by atoms with Crippen molar-refractivity contribution in [2.45, 2.75) is 38.8 Å². The van der Waals surface area contributed by atoms with Gasteiger partial charge in [0.2, 0.25) is 0 Å². The van der Waals surface area contributed by atoms with Gasteiger partial charge in [-0.25, -0.2) is 4.79 Å². The second kappa shape index (κ2) is 5.96. The van der Waals surface area contributed by atoms with Gasteiger partial charge < -0.3 is 15.8 Å². The lowest BCUT2D eigenvalue weighted by molar-refractivity contribution is -0.131. The SMILES string of the molecule is CCC(N)CN1C(=O)NC(C)(c2ccc(OC)c(C)c2)C1=O. The molecule has 3 amide bonds. The van der Waals surface area contributed by atoms with Crippen molar-refractivity contribution in [3.63, 3.8) is 0 Å². The predicted octanol–water partition coefficient (Wildman–Crippen LogP) is 1.51. The fourth-order valence-electron chi connectivity index (χ4n) is 2.61. The number of imide groups is 1. The first kappa shape index (κ1) is 16.3. The van der Waals surface area contributed by atoms with Crippen LogP contribution in [-0.2, 0) is 10.3 Å². The van der Waals surface area contributed by atoms with Gasteiger partial charge in [0, 0.05) is 12.6 Å². The average Bonchev–Trinajstić information content (AvgIpc) is 2.71. The zero-order chi connectivity index (χ0) is 16.5. The Morgan fingerprint density at radius 2 is 2.09 bits per heavy atom. The second-order valence-electron chi connectivity index (χ2n) is 5.82. The summed E-state index contributed by atoms with van der Waals surface area (Å²) in [5.41, 5.74) is 6.45. The van der Waals surface area contributed by atoms with Crippen LogP contribution >= 0.6 is 0 Å². The summed E-state index contributed by atoms with van der Waals surface area (Å²) in [4.78, 5) is 26.1. The van der Waals surface area contributed by atoms with E-state index in [9.17, 15) is 9.59 Å². The Morgan fingerprint density at radius 1 is 1.41 bits per heavy atom. The molecule has 3 N–H and O–H groups in total. The number of aryl methyl sites for hydroxylation is 1. The number of nitrogens with zero attached hydrogens (tertiary/aromatic N) is 1. The van der Waals surface area contributed by atoms with Gasteiger partial charge in [0.25, 0.3) is 5.91 Å². The molecule has 0 saturated carbocycles. The van der Waals surface area contributed by atoms with E-state index in [2.05, 4.69) is 5.32 Å². The Hall–Kier alpha value is -2.08. The molecule has 120 valence electrons. The number of rotatable bonds is 5. The smallest absolute Gasteiger partial charge is 0.325 e. The number of carbonyl (C=O) groups excluding carboxylic acids is 2. The quantitative estimate of drug-likeness (QED) is 0.808. The fourth-order valence-corrected chi connectivity index (χ4v) is 2.61. The Morgan fingerprint density at radius 3 is 2.64 bits per heavy atom. The van der Waals surface area contributed by atoms with E-state index < -0.39 is 11.6 Å². The van der Waals surface area contributed by atoms with Gasteiger partial charge in [0.15, 0.2) is 0 Å². The largest absolute Gasteiger partial charge is 0.496 e. The van der Waals surface area contributed by atoms with Crippen molar-refractivity contribution in [2.75, 3.05) is 13.7 Å². The molecule has 22 heavy (non-hydrogen) atoms. The molecule has 1 aromatic rings. The van der Waals surface area contributed by atoms with E-state index in [0.29, 0.717) is 6.42 Å². The molecule has 6 heteroatoms. The number of methoxy groups -OCH3 is 1. The Bertz CT molecular complexity index is 602. The van der Waals surface area contributed by atoms with Crippen molar-refractivity contribution >= 4 is 11.9 Å². The fraction of sp³-hybridized carbons (Fsp3) is 0.500. The van der Waals surface area contributed by atoms with Crippen molar-refractivity contribution in [3.8, 4) is 5.75 Å². The average molecular weight is 305 g/mol. The maximum absolute atomic E-state index is 12.7. The number of nitrogens with two attached hydrogens (primary N) is 1. The molecule has 2 rings (SSSR count). The van der Waals surface area contributed by atoms with E-state index >= 15 is 0 Å². The highest BCUT2D eigenvalue weighted by Crippen LogP contribution is 2.31. The monoisotopic (exact) mass is 305 g/mol. The number of nitrogens with one attached hydrogen (secondary N) is 1. The highest BCUT2D eigenvalue weighted by atomic mass is 16.5. The van der Waals surface area contributed by atoms with Crippen LogP contribution in [0.1, 0.15) is 31.4 Å². The van der Waals surface area contributed by atoms with Crippen LogP contribution in [0.5, 0.6) is 5.75 Å². The molecule has 2 unspecified atom stereocenters. The Balaban J connectivity index is 2.32. The third-order valence-corrected chi connectivity index (χ3v) is 4.19. The van der Waals surface area contributed by atoms with Gasteiger partial charge in [-0.1, -0.05) is 13.0 Å². The summed E-state index contributed by atoms with van der Waals surface area (Å²) in [6.07, 6.45) is 0.704. The lowest BCUT2D eigenvalue weighted by atomic mass is 9.90. The van der Waals surface area contributed by atoms with Gasteiger partial charge in [0.05, 0.1) is 7.11 Å². The van der Waals surface area contributed by atoms with E-state index in [1.807, 2.05) is 19.9 Å². The molecule has 0 aromatic heterocycles. The molecular weight excluding hydrogens is 282 g/mol. The van der Waals surface area contributed by atoms with E-state index in [0.717, 1.165) is 16.9 Å². The lowest BCUT2D eigenvalue weighted by Gasteiger charge is -2.24. The van der Waals surface area contributed by atoms with Gasteiger partial charge in [-0.15, -0.1) is 0 Å². The number of benzene rings is 1. The summed E-state index contributed by atoms with van der Waals surface area (Å²) in [7, 11) is 1.60. The van der Waals surface area contributed by atoms with Crippen LogP contribution in [0.25, 0.3) is 0 Å². The van der Waals surface area contributed by atoms with Crippen LogP contribution in [0.15, 0.2) is 18.2 Å². The Kier molecular flexibility index (Phi) is 4.42. The summed E-state index contributed by atoms with van der Waals surface area (Å²) in [6, 6.07) is 4.85. The van der Waals surface area contributed by atoms with E-state index in [4.69, 9.17) is 10.5 Å². The van der Waals surface area contributed by atoms with E-state index in [1.54, 1.807) is 26.2 Å². The van der Waals surface area contributed by atoms with Crippen LogP contribution in [0.4, 0.5) is 4.79 Å². The predicted molar refractivity (Wildman–Crippen MR) is 83.6 cm³/mol. The maximum atomic E-state index is 12.7.